The van der Waals surface area contributed by atoms with Gasteiger partial charge in [-0.05, 0) is 25.1 Å². The Morgan fingerprint density at radius 3 is 2.64 bits per heavy atom. The van der Waals surface area contributed by atoms with E-state index in [1.807, 2.05) is 0 Å². The maximum absolute atomic E-state index is 13.0. The van der Waals surface area contributed by atoms with Gasteiger partial charge in [0, 0.05) is 35.1 Å². The van der Waals surface area contributed by atoms with Gasteiger partial charge < -0.3 is 26.2 Å². The number of aromatic nitrogens is 4. The Labute approximate surface area is 205 Å². The van der Waals surface area contributed by atoms with Gasteiger partial charge in [0.05, 0.1) is 11.6 Å². The molecule has 0 unspecified atom stereocenters. The highest BCUT2D eigenvalue weighted by molar-refractivity contribution is 7.13. The first-order valence-electron chi connectivity index (χ1n) is 10.1. The summed E-state index contributed by atoms with van der Waals surface area (Å²) in [5.74, 6) is -1.27. The minimum absolute atomic E-state index is 0.0705. The van der Waals surface area contributed by atoms with Gasteiger partial charge in [0.15, 0.2) is 5.13 Å². The third-order valence-corrected chi connectivity index (χ3v) is 5.42. The predicted molar refractivity (Wildman–Crippen MR) is 124 cm³/mol. The van der Waals surface area contributed by atoms with Crippen molar-refractivity contribution in [2.75, 3.05) is 16.4 Å². The van der Waals surface area contributed by atoms with Crippen LogP contribution in [0.2, 0.25) is 0 Å². The molecule has 0 aliphatic heterocycles. The number of amides is 2. The van der Waals surface area contributed by atoms with Crippen molar-refractivity contribution >= 4 is 45.5 Å². The van der Waals surface area contributed by atoms with Gasteiger partial charge in [-0.25, -0.2) is 15.0 Å². The van der Waals surface area contributed by atoms with Gasteiger partial charge in [-0.2, -0.15) is 13.2 Å². The third kappa shape index (κ3) is 5.75. The van der Waals surface area contributed by atoms with Crippen molar-refractivity contribution in [3.63, 3.8) is 0 Å². The molecular formula is C21H17F3N8O3S. The van der Waals surface area contributed by atoms with Crippen molar-refractivity contribution < 1.29 is 27.3 Å². The Morgan fingerprint density at radius 1 is 1.11 bits per heavy atom. The van der Waals surface area contributed by atoms with E-state index in [1.54, 1.807) is 18.5 Å². The van der Waals surface area contributed by atoms with Crippen LogP contribution in [0.4, 0.5) is 35.5 Å². The Bertz CT molecular complexity index is 1390. The Morgan fingerprint density at radius 2 is 1.92 bits per heavy atom. The molecule has 0 saturated carbocycles. The van der Waals surface area contributed by atoms with E-state index in [9.17, 15) is 22.8 Å². The molecule has 0 aliphatic rings. The van der Waals surface area contributed by atoms with Gasteiger partial charge >= 0.3 is 6.18 Å². The molecule has 3 heterocycles. The van der Waals surface area contributed by atoms with Crippen molar-refractivity contribution in [1.29, 1.82) is 0 Å². The largest absolute Gasteiger partial charge is 0.418 e. The van der Waals surface area contributed by atoms with E-state index < -0.39 is 35.3 Å². The number of nitrogens with two attached hydrogens (primary N) is 1. The van der Waals surface area contributed by atoms with E-state index in [-0.39, 0.29) is 22.8 Å². The summed E-state index contributed by atoms with van der Waals surface area (Å²) >= 11 is 1.36. The molecule has 0 spiro atoms. The first-order valence-corrected chi connectivity index (χ1v) is 11.0. The van der Waals surface area contributed by atoms with E-state index >= 15 is 0 Å². The number of carbonyl (C=O) groups excluding carboxylic acids is 2. The highest BCUT2D eigenvalue weighted by Gasteiger charge is 2.33. The molecule has 1 atom stereocenters. The van der Waals surface area contributed by atoms with Gasteiger partial charge in [0.25, 0.3) is 11.8 Å². The maximum Gasteiger partial charge on any atom is 0.418 e. The average Bonchev–Trinajstić information content (AvgIpc) is 3.52. The number of benzene rings is 1. The summed E-state index contributed by atoms with van der Waals surface area (Å²) < 4.78 is 44.1. The smallest absolute Gasteiger partial charge is 0.398 e. The van der Waals surface area contributed by atoms with Gasteiger partial charge in [-0.3, -0.25) is 9.59 Å². The van der Waals surface area contributed by atoms with Crippen molar-refractivity contribution in [3.05, 3.63) is 70.9 Å². The zero-order chi connectivity index (χ0) is 25.9. The lowest BCUT2D eigenvalue weighted by molar-refractivity contribution is -0.136. The molecule has 11 nitrogen and oxygen atoms in total. The Hall–Kier alpha value is -4.53. The number of alkyl halides is 3. The van der Waals surface area contributed by atoms with Crippen LogP contribution in [-0.2, 0) is 6.18 Å². The number of rotatable bonds is 7. The number of carbonyl (C=O) groups is 2. The molecule has 186 valence electrons. The molecule has 0 fully saturated rings. The summed E-state index contributed by atoms with van der Waals surface area (Å²) in [6, 6.07) is 4.98. The monoisotopic (exact) mass is 518 g/mol. The van der Waals surface area contributed by atoms with E-state index in [4.69, 9.17) is 10.3 Å². The third-order valence-electron chi connectivity index (χ3n) is 4.73. The number of thiazole rings is 1. The fourth-order valence-corrected chi connectivity index (χ4v) is 3.50. The second kappa shape index (κ2) is 9.99. The van der Waals surface area contributed by atoms with Gasteiger partial charge in [-0.15, -0.1) is 11.3 Å². The predicted octanol–water partition coefficient (Wildman–Crippen LogP) is 4.01. The quantitative estimate of drug-likeness (QED) is 0.265. The molecule has 1 aromatic carbocycles. The number of hydrogen-bond acceptors (Lipinski definition) is 10. The molecule has 0 aliphatic carbocycles. The van der Waals surface area contributed by atoms with Crippen molar-refractivity contribution in [3.8, 4) is 0 Å². The van der Waals surface area contributed by atoms with Crippen LogP contribution in [0.1, 0.15) is 45.3 Å². The highest BCUT2D eigenvalue weighted by Crippen LogP contribution is 2.35. The molecule has 0 saturated heterocycles. The molecule has 4 rings (SSSR count). The number of nitrogens with one attached hydrogen (secondary N) is 3. The fraction of sp³-hybridized carbons (Fsp3) is 0.143. The molecule has 0 bridgehead atoms. The molecular weight excluding hydrogens is 501 g/mol. The van der Waals surface area contributed by atoms with Crippen molar-refractivity contribution in [2.45, 2.75) is 19.1 Å². The van der Waals surface area contributed by atoms with Crippen LogP contribution >= 0.6 is 11.3 Å². The molecule has 15 heteroatoms. The second-order valence-corrected chi connectivity index (χ2v) is 8.21. The molecule has 5 N–H and O–H groups in total. The molecule has 2 amide bonds. The van der Waals surface area contributed by atoms with Crippen LogP contribution in [-0.4, -0.2) is 31.9 Å². The number of nitrogen functional groups attached to an aromatic ring is 1. The maximum atomic E-state index is 13.0. The highest BCUT2D eigenvalue weighted by atomic mass is 32.1. The van der Waals surface area contributed by atoms with E-state index in [2.05, 4.69) is 36.1 Å². The lowest BCUT2D eigenvalue weighted by atomic mass is 10.1. The standard InChI is InChI=1S/C21H17F3N8O3S/c1-10(29-18(33)15-8-17(28-9-27-15)31-20-26-4-5-36-20)14-7-16(35-32-14)19(34)30-11-2-3-13(25)12(6-11)21(22,23)24/h2-10H,25H2,1H3,(H,29,33)(H,30,34)(H,26,27,28,31)/t10-/m0/s1. The van der Waals surface area contributed by atoms with E-state index in [0.29, 0.717) is 17.0 Å². The summed E-state index contributed by atoms with van der Waals surface area (Å²) in [5.41, 5.74) is 3.96. The zero-order valence-electron chi connectivity index (χ0n) is 18.3. The molecule has 3 aromatic heterocycles. The fourth-order valence-electron chi connectivity index (χ4n) is 2.96. The summed E-state index contributed by atoms with van der Waals surface area (Å²) in [6.07, 6.45) is -1.85. The molecule has 36 heavy (non-hydrogen) atoms. The summed E-state index contributed by atoms with van der Waals surface area (Å²) in [6.45, 7) is 1.60. The average molecular weight is 518 g/mol. The number of nitrogens with zero attached hydrogens (tertiary/aromatic N) is 4. The first kappa shape index (κ1) is 24.6. The SMILES string of the molecule is C[C@H](NC(=O)c1cc(Nc2nccs2)ncn1)c1cc(C(=O)Nc2ccc(N)c(C(F)(F)F)c2)on1. The minimum atomic E-state index is -4.68. The normalized spacial score (nSPS) is 12.1. The topological polar surface area (TPSA) is 161 Å². The van der Waals surface area contributed by atoms with Crippen LogP contribution in [0, 0.1) is 0 Å². The van der Waals surface area contributed by atoms with Crippen LogP contribution in [0.5, 0.6) is 0 Å². The van der Waals surface area contributed by atoms with Gasteiger partial charge in [0.1, 0.15) is 23.5 Å². The summed E-state index contributed by atoms with van der Waals surface area (Å²) in [7, 11) is 0. The lowest BCUT2D eigenvalue weighted by Gasteiger charge is -2.12. The van der Waals surface area contributed by atoms with Gasteiger partial charge in [-0.1, -0.05) is 5.16 Å². The minimum Gasteiger partial charge on any atom is -0.398 e. The van der Waals surface area contributed by atoms with Crippen LogP contribution < -0.4 is 21.7 Å². The number of halogens is 3. The molecule has 4 aromatic rings. The van der Waals surface area contributed by atoms with Crippen molar-refractivity contribution in [1.82, 2.24) is 25.4 Å². The summed E-state index contributed by atoms with van der Waals surface area (Å²) in [5, 5.41) is 14.0. The van der Waals surface area contributed by atoms with Crippen molar-refractivity contribution in [2.24, 2.45) is 0 Å². The van der Waals surface area contributed by atoms with Crippen LogP contribution in [0.3, 0.4) is 0 Å². The number of anilines is 4. The Balaban J connectivity index is 1.40. The van der Waals surface area contributed by atoms with Crippen LogP contribution in [0.25, 0.3) is 0 Å². The van der Waals surface area contributed by atoms with Gasteiger partial charge in [0.2, 0.25) is 5.76 Å². The van der Waals surface area contributed by atoms with Crippen LogP contribution in [0.15, 0.2) is 52.8 Å². The Kier molecular flexibility index (Phi) is 6.82. The lowest BCUT2D eigenvalue weighted by Crippen LogP contribution is -2.27. The number of hydrogen-bond donors (Lipinski definition) is 4. The summed E-state index contributed by atoms with van der Waals surface area (Å²) in [4.78, 5) is 37.1. The second-order valence-electron chi connectivity index (χ2n) is 7.32. The van der Waals surface area contributed by atoms with E-state index in [1.165, 1.54) is 35.9 Å². The van der Waals surface area contributed by atoms with E-state index in [0.717, 1.165) is 6.07 Å². The zero-order valence-corrected chi connectivity index (χ0v) is 19.1. The molecule has 0 radical (unpaired) electrons. The first-order chi connectivity index (χ1) is 17.1.